The van der Waals surface area contributed by atoms with Crippen molar-refractivity contribution >= 4 is 0 Å². The summed E-state index contributed by atoms with van der Waals surface area (Å²) in [6.45, 7) is 4.75. The molecular formula is C11H13NO. The number of hydrogen-bond acceptors (Lipinski definition) is 2. The van der Waals surface area contributed by atoms with Gasteiger partial charge in [-0.25, -0.2) is 0 Å². The number of ether oxygens (including phenoxy) is 1. The molecule has 0 amide bonds. The highest BCUT2D eigenvalue weighted by Crippen LogP contribution is 2.25. The molecule has 1 aliphatic heterocycles. The van der Waals surface area contributed by atoms with Crippen LogP contribution in [-0.4, -0.2) is 6.61 Å². The van der Waals surface area contributed by atoms with Gasteiger partial charge in [-0.15, -0.1) is 0 Å². The molecule has 1 aromatic carbocycles. The Kier molecular flexibility index (Phi) is 3.33. The molecule has 0 aliphatic carbocycles. The number of rotatable bonds is 0. The van der Waals surface area contributed by atoms with Crippen molar-refractivity contribution in [2.75, 3.05) is 6.61 Å². The standard InChI is InChI=1S/C9H7NO.C2H6/c10-6-7-1-2-9-8(5-7)3-4-11-9;1-2/h1-2,5H,3-4H2;1-2H3. The summed E-state index contributed by atoms with van der Waals surface area (Å²) in [6, 6.07) is 7.64. The largest absolute Gasteiger partial charge is 0.493 e. The first-order valence-corrected chi connectivity index (χ1v) is 4.56. The van der Waals surface area contributed by atoms with E-state index in [1.54, 1.807) is 6.07 Å². The molecule has 13 heavy (non-hydrogen) atoms. The third-order valence-electron chi connectivity index (χ3n) is 1.82. The van der Waals surface area contributed by atoms with Crippen LogP contribution in [-0.2, 0) is 6.42 Å². The number of benzene rings is 1. The molecular weight excluding hydrogens is 162 g/mol. The van der Waals surface area contributed by atoms with Gasteiger partial charge in [0.2, 0.25) is 0 Å². The Morgan fingerprint density at radius 2 is 2.15 bits per heavy atom. The third-order valence-corrected chi connectivity index (χ3v) is 1.82. The van der Waals surface area contributed by atoms with Crippen molar-refractivity contribution in [3.8, 4) is 11.8 Å². The molecule has 2 rings (SSSR count). The quantitative estimate of drug-likeness (QED) is 0.607. The van der Waals surface area contributed by atoms with Crippen LogP contribution < -0.4 is 4.74 Å². The highest BCUT2D eigenvalue weighted by molar-refractivity contribution is 5.43. The zero-order chi connectivity index (χ0) is 9.68. The summed E-state index contributed by atoms with van der Waals surface area (Å²) in [6.07, 6.45) is 0.935. The first-order chi connectivity index (χ1) is 6.40. The third kappa shape index (κ3) is 2.00. The van der Waals surface area contributed by atoms with Gasteiger partial charge in [0.15, 0.2) is 0 Å². The van der Waals surface area contributed by atoms with Crippen LogP contribution in [0.2, 0.25) is 0 Å². The highest BCUT2D eigenvalue weighted by atomic mass is 16.5. The summed E-state index contributed by atoms with van der Waals surface area (Å²) in [5, 5.41) is 8.58. The fourth-order valence-corrected chi connectivity index (χ4v) is 1.26. The van der Waals surface area contributed by atoms with Gasteiger partial charge >= 0.3 is 0 Å². The van der Waals surface area contributed by atoms with E-state index in [1.165, 1.54) is 0 Å². The smallest absolute Gasteiger partial charge is 0.122 e. The van der Waals surface area contributed by atoms with Crippen LogP contribution in [0.3, 0.4) is 0 Å². The van der Waals surface area contributed by atoms with Gasteiger partial charge < -0.3 is 4.74 Å². The molecule has 0 saturated heterocycles. The van der Waals surface area contributed by atoms with E-state index in [0.29, 0.717) is 5.56 Å². The van der Waals surface area contributed by atoms with E-state index in [4.69, 9.17) is 10.00 Å². The molecule has 68 valence electrons. The second-order valence-corrected chi connectivity index (χ2v) is 2.53. The monoisotopic (exact) mass is 175 g/mol. The molecule has 0 spiro atoms. The Hall–Kier alpha value is -1.49. The van der Waals surface area contributed by atoms with E-state index in [2.05, 4.69) is 6.07 Å². The summed E-state index contributed by atoms with van der Waals surface area (Å²) in [5.74, 6) is 0.934. The predicted octanol–water partition coefficient (Wildman–Crippen LogP) is 2.52. The van der Waals surface area contributed by atoms with Crippen molar-refractivity contribution in [2.24, 2.45) is 0 Å². The summed E-state index contributed by atoms with van der Waals surface area (Å²) in [5.41, 5.74) is 1.87. The van der Waals surface area contributed by atoms with Crippen LogP contribution in [0.25, 0.3) is 0 Å². The maximum atomic E-state index is 8.58. The van der Waals surface area contributed by atoms with Crippen molar-refractivity contribution in [1.29, 1.82) is 5.26 Å². The summed E-state index contributed by atoms with van der Waals surface area (Å²) >= 11 is 0. The molecule has 0 atom stereocenters. The highest BCUT2D eigenvalue weighted by Gasteiger charge is 2.11. The molecule has 0 unspecified atom stereocenters. The van der Waals surface area contributed by atoms with Crippen LogP contribution in [0.5, 0.6) is 5.75 Å². The zero-order valence-electron chi connectivity index (χ0n) is 8.00. The lowest BCUT2D eigenvalue weighted by Gasteiger charge is -1.96. The summed E-state index contributed by atoms with van der Waals surface area (Å²) in [4.78, 5) is 0. The average Bonchev–Trinajstić information content (AvgIpc) is 2.67. The molecule has 0 saturated carbocycles. The lowest BCUT2D eigenvalue weighted by molar-refractivity contribution is 0.357. The molecule has 0 aromatic heterocycles. The minimum absolute atomic E-state index is 0.717. The fraction of sp³-hybridized carbons (Fsp3) is 0.364. The maximum Gasteiger partial charge on any atom is 0.122 e. The Bertz CT molecular complexity index is 325. The minimum atomic E-state index is 0.717. The molecule has 0 N–H and O–H groups in total. The van der Waals surface area contributed by atoms with Crippen LogP contribution >= 0.6 is 0 Å². The lowest BCUT2D eigenvalue weighted by Crippen LogP contribution is -1.85. The van der Waals surface area contributed by atoms with Gasteiger partial charge in [-0.1, -0.05) is 13.8 Å². The first kappa shape index (κ1) is 9.60. The van der Waals surface area contributed by atoms with Gasteiger partial charge in [0.1, 0.15) is 5.75 Å². The number of nitriles is 1. The van der Waals surface area contributed by atoms with Crippen LogP contribution in [0.4, 0.5) is 0 Å². The van der Waals surface area contributed by atoms with Crippen molar-refractivity contribution in [2.45, 2.75) is 20.3 Å². The number of nitrogens with zero attached hydrogens (tertiary/aromatic N) is 1. The molecule has 0 bridgehead atoms. The van der Waals surface area contributed by atoms with Gasteiger partial charge in [0.25, 0.3) is 0 Å². The van der Waals surface area contributed by atoms with Crippen LogP contribution in [0.1, 0.15) is 25.0 Å². The van der Waals surface area contributed by atoms with Gasteiger partial charge in [-0.2, -0.15) is 5.26 Å². The summed E-state index contributed by atoms with van der Waals surface area (Å²) in [7, 11) is 0. The molecule has 2 heteroatoms. The van der Waals surface area contributed by atoms with Crippen LogP contribution in [0.15, 0.2) is 18.2 Å². The van der Waals surface area contributed by atoms with E-state index in [-0.39, 0.29) is 0 Å². The predicted molar refractivity (Wildman–Crippen MR) is 51.7 cm³/mol. The molecule has 1 aliphatic rings. The second-order valence-electron chi connectivity index (χ2n) is 2.53. The van der Waals surface area contributed by atoms with Gasteiger partial charge in [0.05, 0.1) is 18.2 Å². The van der Waals surface area contributed by atoms with Crippen molar-refractivity contribution in [1.82, 2.24) is 0 Å². The van der Waals surface area contributed by atoms with Crippen LogP contribution in [0, 0.1) is 11.3 Å². The molecule has 1 aromatic rings. The van der Waals surface area contributed by atoms with Crippen molar-refractivity contribution in [3.05, 3.63) is 29.3 Å². The van der Waals surface area contributed by atoms with Crippen molar-refractivity contribution < 1.29 is 4.74 Å². The number of fused-ring (bicyclic) bond motifs is 1. The molecule has 1 heterocycles. The maximum absolute atomic E-state index is 8.58. The second kappa shape index (κ2) is 4.51. The first-order valence-electron chi connectivity index (χ1n) is 4.56. The van der Waals surface area contributed by atoms with E-state index < -0.39 is 0 Å². The Labute approximate surface area is 78.8 Å². The fourth-order valence-electron chi connectivity index (χ4n) is 1.26. The normalized spacial score (nSPS) is 11.8. The van der Waals surface area contributed by atoms with E-state index >= 15 is 0 Å². The molecule has 2 nitrogen and oxygen atoms in total. The average molecular weight is 175 g/mol. The van der Waals surface area contributed by atoms with Crippen molar-refractivity contribution in [3.63, 3.8) is 0 Å². The lowest BCUT2D eigenvalue weighted by atomic mass is 10.1. The van der Waals surface area contributed by atoms with Gasteiger partial charge in [0, 0.05) is 6.42 Å². The van der Waals surface area contributed by atoms with E-state index in [9.17, 15) is 0 Å². The Morgan fingerprint density at radius 1 is 1.38 bits per heavy atom. The minimum Gasteiger partial charge on any atom is -0.493 e. The number of hydrogen-bond donors (Lipinski definition) is 0. The molecule has 0 fully saturated rings. The topological polar surface area (TPSA) is 33.0 Å². The SMILES string of the molecule is CC.N#Cc1ccc2c(c1)CCO2. The van der Waals surface area contributed by atoms with Gasteiger partial charge in [-0.05, 0) is 23.8 Å². The molecule has 0 radical (unpaired) electrons. The summed E-state index contributed by atoms with van der Waals surface area (Å²) < 4.78 is 5.29. The van der Waals surface area contributed by atoms with E-state index in [1.807, 2.05) is 26.0 Å². The van der Waals surface area contributed by atoms with Gasteiger partial charge in [-0.3, -0.25) is 0 Å². The zero-order valence-corrected chi connectivity index (χ0v) is 8.00. The van der Waals surface area contributed by atoms with E-state index in [0.717, 1.165) is 24.3 Å². The Balaban J connectivity index is 0.000000396. The Morgan fingerprint density at radius 3 is 2.85 bits per heavy atom.